The van der Waals surface area contributed by atoms with E-state index in [0.717, 1.165) is 49.1 Å². The van der Waals surface area contributed by atoms with Gasteiger partial charge in [-0.05, 0) is 81.7 Å². The zero-order valence-electron chi connectivity index (χ0n) is 19.5. The first-order valence-corrected chi connectivity index (χ1v) is 12.1. The number of rotatable bonds is 6. The van der Waals surface area contributed by atoms with Crippen molar-refractivity contribution in [1.29, 1.82) is 0 Å². The molecule has 2 aliphatic rings. The highest BCUT2D eigenvalue weighted by molar-refractivity contribution is 6.30. The van der Waals surface area contributed by atoms with E-state index in [1.54, 1.807) is 37.6 Å². The average Bonchev–Trinajstić information content (AvgIpc) is 2.83. The van der Waals surface area contributed by atoms with Crippen molar-refractivity contribution >= 4 is 23.3 Å². The number of carbonyl (C=O) groups is 1. The maximum absolute atomic E-state index is 12.8. The van der Waals surface area contributed by atoms with Crippen LogP contribution in [0.4, 0.5) is 10.5 Å². The highest BCUT2D eigenvalue weighted by Crippen LogP contribution is 2.29. The fourth-order valence-corrected chi connectivity index (χ4v) is 4.99. The summed E-state index contributed by atoms with van der Waals surface area (Å²) in [6.07, 6.45) is 5.16. The molecule has 0 aliphatic carbocycles. The lowest BCUT2D eigenvalue weighted by Crippen LogP contribution is -2.52. The number of nitrogens with zero attached hydrogens (tertiary/aromatic N) is 3. The van der Waals surface area contributed by atoms with Crippen LogP contribution in [0.1, 0.15) is 30.9 Å². The number of hydrogen-bond acceptors (Lipinski definition) is 5. The van der Waals surface area contributed by atoms with Crippen molar-refractivity contribution < 1.29 is 9.53 Å². The molecular weight excluding hydrogens is 438 g/mol. The molecule has 2 atom stereocenters. The second kappa shape index (κ2) is 11.2. The number of likely N-dealkylation sites (tertiary alicyclic amines) is 2. The molecule has 0 saturated carbocycles. The van der Waals surface area contributed by atoms with Gasteiger partial charge in [0.15, 0.2) is 0 Å². The summed E-state index contributed by atoms with van der Waals surface area (Å²) >= 11 is 5.95. The Bertz CT molecular complexity index is 900. The minimum Gasteiger partial charge on any atom is -0.495 e. The highest BCUT2D eigenvalue weighted by Gasteiger charge is 2.33. The Morgan fingerprint density at radius 1 is 1.12 bits per heavy atom. The van der Waals surface area contributed by atoms with E-state index in [9.17, 15) is 4.79 Å². The van der Waals surface area contributed by atoms with Crippen LogP contribution in [0.15, 0.2) is 42.6 Å². The maximum Gasteiger partial charge on any atom is 0.319 e. The molecule has 2 amide bonds. The van der Waals surface area contributed by atoms with Gasteiger partial charge >= 0.3 is 6.03 Å². The van der Waals surface area contributed by atoms with Gasteiger partial charge in [0.1, 0.15) is 5.75 Å². The summed E-state index contributed by atoms with van der Waals surface area (Å²) in [5.74, 6) is 1.60. The number of urea groups is 1. The third-order valence-corrected chi connectivity index (χ3v) is 7.10. The predicted octanol–water partition coefficient (Wildman–Crippen LogP) is 4.07. The van der Waals surface area contributed by atoms with Gasteiger partial charge in [0.2, 0.25) is 0 Å². The maximum atomic E-state index is 12.8. The second-order valence-electron chi connectivity index (χ2n) is 9.24. The number of piperidine rings is 2. The number of benzene rings is 1. The van der Waals surface area contributed by atoms with Crippen molar-refractivity contribution in [3.8, 4) is 5.75 Å². The molecule has 0 bridgehead atoms. The molecule has 0 radical (unpaired) electrons. The number of amides is 2. The highest BCUT2D eigenvalue weighted by atomic mass is 35.5. The van der Waals surface area contributed by atoms with E-state index in [-0.39, 0.29) is 18.0 Å². The molecule has 0 spiro atoms. The molecule has 2 aromatic rings. The number of pyridine rings is 1. The lowest BCUT2D eigenvalue weighted by atomic mass is 9.87. The Morgan fingerprint density at radius 3 is 2.55 bits per heavy atom. The van der Waals surface area contributed by atoms with Gasteiger partial charge in [-0.2, -0.15) is 0 Å². The molecule has 2 fully saturated rings. The molecule has 178 valence electrons. The minimum absolute atomic E-state index is 0.00642. The third-order valence-electron chi connectivity index (χ3n) is 6.84. The Labute approximate surface area is 201 Å². The Kier molecular flexibility index (Phi) is 8.06. The largest absolute Gasteiger partial charge is 0.495 e. The number of aromatic nitrogens is 1. The molecule has 4 rings (SSSR count). The van der Waals surface area contributed by atoms with Gasteiger partial charge in [0.25, 0.3) is 0 Å². The van der Waals surface area contributed by atoms with Crippen LogP contribution in [0.3, 0.4) is 0 Å². The van der Waals surface area contributed by atoms with Crippen LogP contribution in [0.5, 0.6) is 5.75 Å². The summed E-state index contributed by atoms with van der Waals surface area (Å²) in [5.41, 5.74) is 1.70. The molecule has 2 saturated heterocycles. The van der Waals surface area contributed by atoms with E-state index >= 15 is 0 Å². The average molecular weight is 472 g/mol. The topological polar surface area (TPSA) is 69.7 Å². The van der Waals surface area contributed by atoms with Crippen LogP contribution in [0.2, 0.25) is 5.02 Å². The van der Waals surface area contributed by atoms with E-state index in [4.69, 9.17) is 16.3 Å². The SMILES string of the molecule is COc1ccc(C2CN(CC3CCN(C)CC3)CCC2NC(=O)Nc2ccc(Cl)cc2)nc1. The smallest absolute Gasteiger partial charge is 0.319 e. The van der Waals surface area contributed by atoms with Crippen LogP contribution in [0, 0.1) is 5.92 Å². The van der Waals surface area contributed by atoms with Gasteiger partial charge < -0.3 is 25.2 Å². The summed E-state index contributed by atoms with van der Waals surface area (Å²) in [5, 5.41) is 6.76. The minimum atomic E-state index is -0.204. The van der Waals surface area contributed by atoms with Gasteiger partial charge in [-0.1, -0.05) is 11.6 Å². The lowest BCUT2D eigenvalue weighted by Gasteiger charge is -2.41. The fourth-order valence-electron chi connectivity index (χ4n) is 4.87. The summed E-state index contributed by atoms with van der Waals surface area (Å²) in [6, 6.07) is 10.9. The van der Waals surface area contributed by atoms with Crippen molar-refractivity contribution in [3.05, 3.63) is 53.3 Å². The first kappa shape index (κ1) is 23.8. The third kappa shape index (κ3) is 6.59. The molecule has 2 N–H and O–H groups in total. The van der Waals surface area contributed by atoms with Crippen LogP contribution >= 0.6 is 11.6 Å². The van der Waals surface area contributed by atoms with Crippen molar-refractivity contribution in [3.63, 3.8) is 0 Å². The van der Waals surface area contributed by atoms with Crippen molar-refractivity contribution in [2.45, 2.75) is 31.2 Å². The van der Waals surface area contributed by atoms with Crippen LogP contribution in [-0.4, -0.2) is 73.7 Å². The Balaban J connectivity index is 1.42. The molecule has 3 heterocycles. The fraction of sp³-hybridized carbons (Fsp3) is 0.520. The normalized spacial score (nSPS) is 22.6. The van der Waals surface area contributed by atoms with Crippen molar-refractivity contribution in [2.75, 3.05) is 52.2 Å². The van der Waals surface area contributed by atoms with Crippen LogP contribution in [-0.2, 0) is 0 Å². The zero-order chi connectivity index (χ0) is 23.2. The molecule has 33 heavy (non-hydrogen) atoms. The predicted molar refractivity (Wildman–Crippen MR) is 132 cm³/mol. The lowest BCUT2D eigenvalue weighted by molar-refractivity contribution is 0.123. The number of hydrogen-bond donors (Lipinski definition) is 2. The quantitative estimate of drug-likeness (QED) is 0.664. The van der Waals surface area contributed by atoms with E-state index in [1.165, 1.54) is 25.9 Å². The summed E-state index contributed by atoms with van der Waals surface area (Å²) < 4.78 is 5.29. The van der Waals surface area contributed by atoms with Gasteiger partial charge in [0, 0.05) is 48.0 Å². The van der Waals surface area contributed by atoms with Gasteiger partial charge in [-0.3, -0.25) is 4.98 Å². The number of anilines is 1. The van der Waals surface area contributed by atoms with Crippen molar-refractivity contribution in [1.82, 2.24) is 20.1 Å². The molecule has 7 nitrogen and oxygen atoms in total. The molecule has 1 aromatic heterocycles. The van der Waals surface area contributed by atoms with Crippen LogP contribution < -0.4 is 15.4 Å². The summed E-state index contributed by atoms with van der Waals surface area (Å²) in [7, 11) is 3.85. The summed E-state index contributed by atoms with van der Waals surface area (Å²) in [6.45, 7) is 5.33. The summed E-state index contributed by atoms with van der Waals surface area (Å²) in [4.78, 5) is 22.4. The molecule has 2 aliphatic heterocycles. The van der Waals surface area contributed by atoms with Crippen LogP contribution in [0.25, 0.3) is 0 Å². The number of ether oxygens (including phenoxy) is 1. The van der Waals surface area contributed by atoms with Gasteiger partial charge in [0.05, 0.1) is 13.3 Å². The van der Waals surface area contributed by atoms with Gasteiger partial charge in [-0.15, -0.1) is 0 Å². The number of carbonyl (C=O) groups excluding carboxylic acids is 1. The molecule has 8 heteroatoms. The van der Waals surface area contributed by atoms with E-state index < -0.39 is 0 Å². The van der Waals surface area contributed by atoms with E-state index in [1.807, 2.05) is 12.1 Å². The Morgan fingerprint density at radius 2 is 1.88 bits per heavy atom. The Hall–Kier alpha value is -2.35. The first-order valence-electron chi connectivity index (χ1n) is 11.7. The number of methoxy groups -OCH3 is 1. The molecule has 1 aromatic carbocycles. The monoisotopic (exact) mass is 471 g/mol. The zero-order valence-corrected chi connectivity index (χ0v) is 20.2. The number of halogens is 1. The van der Waals surface area contributed by atoms with E-state index in [2.05, 4.69) is 32.5 Å². The van der Waals surface area contributed by atoms with E-state index in [0.29, 0.717) is 5.02 Å². The molecular formula is C25H34ClN5O2. The molecule has 2 unspecified atom stereocenters. The second-order valence-corrected chi connectivity index (χ2v) is 9.67. The standard InChI is InChI=1S/C25H34ClN5O2/c1-30-12-9-18(10-13-30)16-31-14-11-24(22(17-31)23-8-7-21(33-2)15-27-23)29-25(32)28-20-5-3-19(26)4-6-20/h3-8,15,18,22,24H,9-14,16-17H2,1-2H3,(H2,28,29,32). The first-order chi connectivity index (χ1) is 16.0. The number of nitrogens with one attached hydrogen (secondary N) is 2. The van der Waals surface area contributed by atoms with Crippen molar-refractivity contribution in [2.24, 2.45) is 5.92 Å². The van der Waals surface area contributed by atoms with Gasteiger partial charge in [-0.25, -0.2) is 4.79 Å².